The van der Waals surface area contributed by atoms with Gasteiger partial charge in [-0.2, -0.15) is 0 Å². The summed E-state index contributed by atoms with van der Waals surface area (Å²) in [6, 6.07) is 10.2. The molecular weight excluding hydrogens is 482 g/mol. The molecule has 2 aromatic rings. The molecule has 0 fully saturated rings. The first-order valence-electron chi connectivity index (χ1n) is 13.2. The molecule has 0 aliphatic heterocycles. The minimum Gasteiger partial charge on any atom is -0.508 e. The van der Waals surface area contributed by atoms with E-state index in [9.17, 15) is 19.5 Å². The molecule has 2 aromatic carbocycles. The molecule has 2 atom stereocenters. The van der Waals surface area contributed by atoms with Crippen molar-refractivity contribution in [3.8, 4) is 5.75 Å². The lowest BCUT2D eigenvalue weighted by Gasteiger charge is -2.35. The second kappa shape index (κ2) is 13.3. The van der Waals surface area contributed by atoms with Gasteiger partial charge in [-0.1, -0.05) is 51.1 Å². The van der Waals surface area contributed by atoms with Gasteiger partial charge < -0.3 is 25.4 Å². The Balaban J connectivity index is 2.54. The normalized spacial score (nSPS) is 13.0. The van der Waals surface area contributed by atoms with Crippen LogP contribution in [0, 0.1) is 19.8 Å². The number of ether oxygens (including phenoxy) is 1. The summed E-state index contributed by atoms with van der Waals surface area (Å²) in [5.41, 5.74) is 2.21. The second-order valence-corrected chi connectivity index (χ2v) is 11.1. The third kappa shape index (κ3) is 8.78. The highest BCUT2D eigenvalue weighted by molar-refractivity contribution is 6.00. The zero-order chi connectivity index (χ0) is 28.6. The molecule has 208 valence electrons. The molecular formula is C30H43N3O5. The van der Waals surface area contributed by atoms with E-state index in [0.717, 1.165) is 11.1 Å². The number of carbonyl (C=O) groups excluding carboxylic acids is 3. The van der Waals surface area contributed by atoms with Crippen LogP contribution in [0.4, 0.5) is 10.5 Å². The zero-order valence-electron chi connectivity index (χ0n) is 23.9. The van der Waals surface area contributed by atoms with E-state index >= 15 is 0 Å². The van der Waals surface area contributed by atoms with Crippen LogP contribution in [-0.4, -0.2) is 46.1 Å². The molecule has 0 aliphatic carbocycles. The molecule has 0 aliphatic rings. The van der Waals surface area contributed by atoms with Crippen molar-refractivity contribution in [3.63, 3.8) is 0 Å². The fraction of sp³-hybridized carbons (Fsp3) is 0.500. The number of aromatic hydroxyl groups is 1. The van der Waals surface area contributed by atoms with E-state index in [4.69, 9.17) is 4.74 Å². The number of phenols is 1. The SMILES string of the molecule is CCCN(C(=O)C(CC(C)C)NC(=O)OC(C)(C)C)C(C(=O)Nc1c(C)cccc1C)c1cccc(O)c1. The maximum Gasteiger partial charge on any atom is 0.408 e. The molecule has 0 aromatic heterocycles. The molecule has 2 unspecified atom stereocenters. The van der Waals surface area contributed by atoms with E-state index in [1.54, 1.807) is 32.9 Å². The maximum absolute atomic E-state index is 14.1. The van der Waals surface area contributed by atoms with Crippen LogP contribution in [0.15, 0.2) is 42.5 Å². The van der Waals surface area contributed by atoms with Crippen LogP contribution in [0.1, 0.15) is 77.1 Å². The van der Waals surface area contributed by atoms with Gasteiger partial charge in [-0.15, -0.1) is 0 Å². The van der Waals surface area contributed by atoms with Gasteiger partial charge in [0.05, 0.1) is 0 Å². The van der Waals surface area contributed by atoms with E-state index in [0.29, 0.717) is 24.1 Å². The van der Waals surface area contributed by atoms with Gasteiger partial charge in [0.25, 0.3) is 5.91 Å². The molecule has 0 radical (unpaired) electrons. The van der Waals surface area contributed by atoms with Crippen molar-refractivity contribution in [2.24, 2.45) is 5.92 Å². The van der Waals surface area contributed by atoms with E-state index < -0.39 is 35.6 Å². The first-order chi connectivity index (χ1) is 17.7. The van der Waals surface area contributed by atoms with Crippen LogP contribution in [0.2, 0.25) is 0 Å². The second-order valence-electron chi connectivity index (χ2n) is 11.1. The van der Waals surface area contributed by atoms with Crippen LogP contribution < -0.4 is 10.6 Å². The van der Waals surface area contributed by atoms with Crippen molar-refractivity contribution in [2.75, 3.05) is 11.9 Å². The maximum atomic E-state index is 14.1. The Kier molecular flexibility index (Phi) is 10.7. The molecule has 0 heterocycles. The van der Waals surface area contributed by atoms with Crippen molar-refractivity contribution in [3.05, 3.63) is 59.2 Å². The Morgan fingerprint density at radius 1 is 1.03 bits per heavy atom. The van der Waals surface area contributed by atoms with Gasteiger partial charge in [0.2, 0.25) is 5.91 Å². The number of anilines is 1. The van der Waals surface area contributed by atoms with Gasteiger partial charge in [-0.3, -0.25) is 9.59 Å². The van der Waals surface area contributed by atoms with Crippen LogP contribution >= 0.6 is 0 Å². The molecule has 8 heteroatoms. The van der Waals surface area contributed by atoms with Crippen LogP contribution in [0.5, 0.6) is 5.75 Å². The highest BCUT2D eigenvalue weighted by Gasteiger charge is 2.36. The molecule has 0 saturated heterocycles. The summed E-state index contributed by atoms with van der Waals surface area (Å²) in [5, 5.41) is 16.0. The van der Waals surface area contributed by atoms with Crippen LogP contribution in [0.25, 0.3) is 0 Å². The fourth-order valence-corrected chi connectivity index (χ4v) is 4.32. The van der Waals surface area contributed by atoms with Gasteiger partial charge in [-0.25, -0.2) is 4.79 Å². The Labute approximate surface area is 226 Å². The number of benzene rings is 2. The molecule has 0 spiro atoms. The summed E-state index contributed by atoms with van der Waals surface area (Å²) in [5.74, 6) is -0.723. The number of carbonyl (C=O) groups is 3. The summed E-state index contributed by atoms with van der Waals surface area (Å²) >= 11 is 0. The topological polar surface area (TPSA) is 108 Å². The first kappa shape index (κ1) is 30.7. The molecule has 0 saturated carbocycles. The highest BCUT2D eigenvalue weighted by atomic mass is 16.6. The quantitative estimate of drug-likeness (QED) is 0.360. The number of rotatable bonds is 10. The summed E-state index contributed by atoms with van der Waals surface area (Å²) in [4.78, 5) is 42.1. The smallest absolute Gasteiger partial charge is 0.408 e. The highest BCUT2D eigenvalue weighted by Crippen LogP contribution is 2.29. The summed E-state index contributed by atoms with van der Waals surface area (Å²) in [6.07, 6.45) is 0.254. The largest absolute Gasteiger partial charge is 0.508 e. The summed E-state index contributed by atoms with van der Waals surface area (Å²) in [6.45, 7) is 15.2. The van der Waals surface area contributed by atoms with Crippen LogP contribution in [-0.2, 0) is 14.3 Å². The molecule has 8 nitrogen and oxygen atoms in total. The van der Waals surface area contributed by atoms with Gasteiger partial charge in [-0.05, 0) is 82.2 Å². The van der Waals surface area contributed by atoms with Crippen molar-refractivity contribution in [2.45, 2.75) is 85.9 Å². The predicted octanol–water partition coefficient (Wildman–Crippen LogP) is 5.87. The summed E-state index contributed by atoms with van der Waals surface area (Å²) in [7, 11) is 0. The Morgan fingerprint density at radius 2 is 1.63 bits per heavy atom. The number of alkyl carbamates (subject to hydrolysis) is 1. The van der Waals surface area contributed by atoms with Crippen molar-refractivity contribution < 1.29 is 24.2 Å². The third-order valence-corrected chi connectivity index (χ3v) is 5.92. The fourth-order valence-electron chi connectivity index (χ4n) is 4.32. The first-order valence-corrected chi connectivity index (χ1v) is 13.2. The third-order valence-electron chi connectivity index (χ3n) is 5.92. The van der Waals surface area contributed by atoms with Crippen molar-refractivity contribution in [1.29, 1.82) is 0 Å². The Bertz CT molecular complexity index is 1100. The Morgan fingerprint density at radius 3 is 2.16 bits per heavy atom. The van der Waals surface area contributed by atoms with Gasteiger partial charge in [0.1, 0.15) is 23.4 Å². The van der Waals surface area contributed by atoms with Crippen LogP contribution in [0.3, 0.4) is 0 Å². The molecule has 3 N–H and O–H groups in total. The number of hydrogen-bond donors (Lipinski definition) is 3. The zero-order valence-corrected chi connectivity index (χ0v) is 23.9. The number of amides is 3. The van der Waals surface area contributed by atoms with Gasteiger partial charge >= 0.3 is 6.09 Å². The lowest BCUT2D eigenvalue weighted by atomic mass is 9.98. The molecule has 0 bridgehead atoms. The van der Waals surface area contributed by atoms with Crippen molar-refractivity contribution in [1.82, 2.24) is 10.2 Å². The van der Waals surface area contributed by atoms with E-state index in [2.05, 4.69) is 10.6 Å². The summed E-state index contributed by atoms with van der Waals surface area (Å²) < 4.78 is 5.42. The van der Waals surface area contributed by atoms with E-state index in [1.165, 1.54) is 17.0 Å². The van der Waals surface area contributed by atoms with Gasteiger partial charge in [0, 0.05) is 12.2 Å². The number of aryl methyl sites for hydroxylation is 2. The molecule has 38 heavy (non-hydrogen) atoms. The lowest BCUT2D eigenvalue weighted by molar-refractivity contribution is -0.141. The van der Waals surface area contributed by atoms with Gasteiger partial charge in [0.15, 0.2) is 0 Å². The minimum absolute atomic E-state index is 0.0121. The number of para-hydroxylation sites is 1. The van der Waals surface area contributed by atoms with E-state index in [1.807, 2.05) is 52.8 Å². The molecule has 2 rings (SSSR count). The average Bonchev–Trinajstić information content (AvgIpc) is 2.79. The number of hydrogen-bond acceptors (Lipinski definition) is 5. The number of nitrogens with zero attached hydrogens (tertiary/aromatic N) is 1. The number of phenolic OH excluding ortho intramolecular Hbond substituents is 1. The average molecular weight is 526 g/mol. The van der Waals surface area contributed by atoms with E-state index in [-0.39, 0.29) is 18.2 Å². The Hall–Kier alpha value is -3.55. The minimum atomic E-state index is -1.04. The standard InChI is InChI=1S/C30H43N3O5/c1-9-16-33(28(36)24(17-19(2)3)31-29(37)38-30(6,7)8)26(22-14-11-15-23(34)18-22)27(35)32-25-20(4)12-10-13-21(25)5/h10-15,18-19,24,26,34H,9,16-17H2,1-8H3,(H,31,37)(H,32,35). The van der Waals surface area contributed by atoms with Crippen molar-refractivity contribution >= 4 is 23.6 Å². The predicted molar refractivity (Wildman–Crippen MR) is 150 cm³/mol. The lowest BCUT2D eigenvalue weighted by Crippen LogP contribution is -2.53. The molecule has 3 amide bonds. The number of nitrogens with one attached hydrogen (secondary N) is 2. The monoisotopic (exact) mass is 525 g/mol.